The fourth-order valence-corrected chi connectivity index (χ4v) is 6.32. The van der Waals surface area contributed by atoms with Crippen LogP contribution in [0.2, 0.25) is 0 Å². The highest BCUT2D eigenvalue weighted by atomic mass is 31.1. The normalized spacial score (nSPS) is 14.6. The standard InChI is InChI=1S/C27H27N2P/c1-29(2)21-28-27(22-13-6-3-7-14-22)25-19-12-20-26(25)30(23-15-8-4-9-16-23)24-17-10-5-11-18-24/h3-18,20-21,27H,19H2,1-2H3/t27-/m1/s1. The third-order valence-corrected chi connectivity index (χ3v) is 7.65. The van der Waals surface area contributed by atoms with E-state index in [2.05, 4.69) is 103 Å². The summed E-state index contributed by atoms with van der Waals surface area (Å²) in [5.74, 6) is 0. The summed E-state index contributed by atoms with van der Waals surface area (Å²) in [6, 6.07) is 32.5. The Hall–Kier alpha value is -2.96. The van der Waals surface area contributed by atoms with Crippen molar-refractivity contribution in [2.24, 2.45) is 4.99 Å². The average Bonchev–Trinajstić information content (AvgIpc) is 3.25. The van der Waals surface area contributed by atoms with Gasteiger partial charge in [0.25, 0.3) is 0 Å². The summed E-state index contributed by atoms with van der Waals surface area (Å²) >= 11 is 0. The lowest BCUT2D eigenvalue weighted by molar-refractivity contribution is 0.632. The number of rotatable bonds is 7. The number of aliphatic imine (C=N–C) groups is 1. The summed E-state index contributed by atoms with van der Waals surface area (Å²) in [7, 11) is 3.41. The molecule has 0 spiro atoms. The highest BCUT2D eigenvalue weighted by molar-refractivity contribution is 7.77. The highest BCUT2D eigenvalue weighted by Crippen LogP contribution is 2.51. The van der Waals surface area contributed by atoms with Gasteiger partial charge in [0.2, 0.25) is 0 Å². The Morgan fingerprint density at radius 1 is 0.800 bits per heavy atom. The van der Waals surface area contributed by atoms with Crippen molar-refractivity contribution in [1.82, 2.24) is 4.90 Å². The van der Waals surface area contributed by atoms with Crippen molar-refractivity contribution in [3.63, 3.8) is 0 Å². The van der Waals surface area contributed by atoms with Crippen molar-refractivity contribution >= 4 is 24.9 Å². The molecule has 3 aromatic carbocycles. The first-order chi connectivity index (χ1) is 14.7. The van der Waals surface area contributed by atoms with Crippen LogP contribution in [0, 0.1) is 0 Å². The molecule has 0 fully saturated rings. The van der Waals surface area contributed by atoms with Crippen LogP contribution in [0.1, 0.15) is 18.0 Å². The van der Waals surface area contributed by atoms with Crippen molar-refractivity contribution in [3.8, 4) is 0 Å². The van der Waals surface area contributed by atoms with Crippen LogP contribution in [0.25, 0.3) is 0 Å². The monoisotopic (exact) mass is 410 g/mol. The van der Waals surface area contributed by atoms with Crippen molar-refractivity contribution in [2.75, 3.05) is 14.1 Å². The highest BCUT2D eigenvalue weighted by Gasteiger charge is 2.27. The Morgan fingerprint density at radius 3 is 1.87 bits per heavy atom. The summed E-state index contributed by atoms with van der Waals surface area (Å²) in [5, 5.41) is 4.18. The molecule has 3 aromatic rings. The van der Waals surface area contributed by atoms with Gasteiger partial charge in [-0.05, 0) is 41.4 Å². The number of nitrogens with zero attached hydrogens (tertiary/aromatic N) is 2. The Morgan fingerprint density at radius 2 is 1.33 bits per heavy atom. The molecule has 1 atom stereocenters. The van der Waals surface area contributed by atoms with Crippen LogP contribution in [0.5, 0.6) is 0 Å². The molecule has 0 heterocycles. The van der Waals surface area contributed by atoms with Gasteiger partial charge in [-0.1, -0.05) is 103 Å². The first kappa shape index (κ1) is 20.3. The van der Waals surface area contributed by atoms with Crippen LogP contribution in [0.3, 0.4) is 0 Å². The molecular weight excluding hydrogens is 383 g/mol. The predicted octanol–water partition coefficient (Wildman–Crippen LogP) is 5.66. The third-order valence-electron chi connectivity index (χ3n) is 5.10. The molecule has 150 valence electrons. The van der Waals surface area contributed by atoms with E-state index in [1.54, 1.807) is 0 Å². The Bertz CT molecular complexity index is 998. The van der Waals surface area contributed by atoms with Crippen molar-refractivity contribution in [2.45, 2.75) is 12.5 Å². The second-order valence-electron chi connectivity index (χ2n) is 7.56. The third kappa shape index (κ3) is 4.61. The van der Waals surface area contributed by atoms with Gasteiger partial charge in [0.05, 0.1) is 12.4 Å². The van der Waals surface area contributed by atoms with Crippen LogP contribution < -0.4 is 10.6 Å². The van der Waals surface area contributed by atoms with Crippen LogP contribution in [0.4, 0.5) is 0 Å². The lowest BCUT2D eigenvalue weighted by Crippen LogP contribution is -2.14. The summed E-state index contributed by atoms with van der Waals surface area (Å²) in [5.41, 5.74) is 2.64. The molecule has 1 aliphatic rings. The Kier molecular flexibility index (Phi) is 6.57. The summed E-state index contributed by atoms with van der Waals surface area (Å²) < 4.78 is 0. The van der Waals surface area contributed by atoms with Gasteiger partial charge in [-0.2, -0.15) is 0 Å². The molecular formula is C27H27N2P. The van der Waals surface area contributed by atoms with Crippen molar-refractivity contribution in [1.29, 1.82) is 0 Å². The molecule has 0 unspecified atom stereocenters. The van der Waals surface area contributed by atoms with E-state index in [0.717, 1.165) is 6.42 Å². The van der Waals surface area contributed by atoms with E-state index < -0.39 is 7.92 Å². The van der Waals surface area contributed by atoms with Gasteiger partial charge >= 0.3 is 0 Å². The van der Waals surface area contributed by atoms with E-state index in [1.165, 1.54) is 27.1 Å². The Labute approximate surface area is 181 Å². The maximum Gasteiger partial charge on any atom is 0.0989 e. The fraction of sp³-hybridized carbons (Fsp3) is 0.148. The van der Waals surface area contributed by atoms with Crippen LogP contribution in [0.15, 0.2) is 119 Å². The number of benzene rings is 3. The number of hydrogen-bond acceptors (Lipinski definition) is 1. The summed E-state index contributed by atoms with van der Waals surface area (Å²) in [6.45, 7) is 0. The summed E-state index contributed by atoms with van der Waals surface area (Å²) in [4.78, 5) is 7.02. The van der Waals surface area contributed by atoms with Crippen LogP contribution in [-0.2, 0) is 0 Å². The smallest absolute Gasteiger partial charge is 0.0989 e. The lowest BCUT2D eigenvalue weighted by atomic mass is 9.98. The maximum absolute atomic E-state index is 5.01. The topological polar surface area (TPSA) is 15.6 Å². The molecule has 4 rings (SSSR count). The lowest BCUT2D eigenvalue weighted by Gasteiger charge is -2.24. The molecule has 0 amide bonds. The molecule has 1 aliphatic carbocycles. The van der Waals surface area contributed by atoms with E-state index in [0.29, 0.717) is 0 Å². The zero-order chi connectivity index (χ0) is 20.8. The molecule has 0 bridgehead atoms. The summed E-state index contributed by atoms with van der Waals surface area (Å²) in [6.07, 6.45) is 7.52. The van der Waals surface area contributed by atoms with E-state index in [-0.39, 0.29) is 6.04 Å². The molecule has 2 nitrogen and oxygen atoms in total. The SMILES string of the molecule is CN(C)C=N[C@@H](C1=C(P(c2ccccc2)c2ccccc2)C=CC1)c1ccccc1. The van der Waals surface area contributed by atoms with Crippen molar-refractivity contribution in [3.05, 3.63) is 120 Å². The molecule has 0 N–H and O–H groups in total. The first-order valence-corrected chi connectivity index (χ1v) is 11.6. The first-order valence-electron chi connectivity index (χ1n) is 10.3. The molecule has 0 aliphatic heterocycles. The Balaban J connectivity index is 1.87. The van der Waals surface area contributed by atoms with Gasteiger partial charge in [0, 0.05) is 14.1 Å². The number of hydrogen-bond donors (Lipinski definition) is 0. The second kappa shape index (κ2) is 9.69. The van der Waals surface area contributed by atoms with Gasteiger partial charge in [0.15, 0.2) is 0 Å². The van der Waals surface area contributed by atoms with Crippen LogP contribution >= 0.6 is 7.92 Å². The second-order valence-corrected chi connectivity index (χ2v) is 9.75. The average molecular weight is 411 g/mol. The van der Waals surface area contributed by atoms with Gasteiger partial charge < -0.3 is 4.90 Å². The van der Waals surface area contributed by atoms with Crippen molar-refractivity contribution < 1.29 is 0 Å². The molecule has 0 saturated heterocycles. The zero-order valence-corrected chi connectivity index (χ0v) is 18.4. The predicted molar refractivity (Wildman–Crippen MR) is 131 cm³/mol. The van der Waals surface area contributed by atoms with Gasteiger partial charge in [-0.15, -0.1) is 0 Å². The zero-order valence-electron chi connectivity index (χ0n) is 17.5. The number of allylic oxidation sites excluding steroid dienone is 3. The van der Waals surface area contributed by atoms with E-state index in [9.17, 15) is 0 Å². The van der Waals surface area contributed by atoms with E-state index in [1.807, 2.05) is 25.3 Å². The molecule has 0 saturated carbocycles. The maximum atomic E-state index is 5.01. The molecule has 3 heteroatoms. The van der Waals surface area contributed by atoms with E-state index >= 15 is 0 Å². The van der Waals surface area contributed by atoms with Crippen LogP contribution in [-0.4, -0.2) is 25.3 Å². The minimum absolute atomic E-state index is 0.0241. The minimum Gasteiger partial charge on any atom is -0.369 e. The van der Waals surface area contributed by atoms with Gasteiger partial charge in [-0.3, -0.25) is 4.99 Å². The quantitative estimate of drug-likeness (QED) is 0.279. The minimum atomic E-state index is -0.635. The fourth-order valence-electron chi connectivity index (χ4n) is 3.77. The molecule has 0 radical (unpaired) electrons. The van der Waals surface area contributed by atoms with Gasteiger partial charge in [0.1, 0.15) is 0 Å². The molecule has 0 aromatic heterocycles. The van der Waals surface area contributed by atoms with Gasteiger partial charge in [-0.25, -0.2) is 0 Å². The molecule has 30 heavy (non-hydrogen) atoms. The largest absolute Gasteiger partial charge is 0.369 e. The van der Waals surface area contributed by atoms with E-state index in [4.69, 9.17) is 4.99 Å².